The fraction of sp³-hybridized carbons (Fsp3) is 0.600. The number of halogens is 3. The zero-order chi connectivity index (χ0) is 24.7. The van der Waals surface area contributed by atoms with Crippen LogP contribution in [0.25, 0.3) is 10.9 Å². The van der Waals surface area contributed by atoms with E-state index in [-0.39, 0.29) is 36.8 Å². The topological polar surface area (TPSA) is 63.6 Å². The number of carbonyl (C=O) groups is 2. The minimum absolute atomic E-state index is 0.0377. The average molecular weight is 496 g/mol. The van der Waals surface area contributed by atoms with Gasteiger partial charge in [0.1, 0.15) is 5.60 Å². The first-order valence-electron chi connectivity index (χ1n) is 11.9. The number of rotatable bonds is 5. The third-order valence-electron chi connectivity index (χ3n) is 6.67. The van der Waals surface area contributed by atoms with E-state index in [0.29, 0.717) is 48.4 Å². The van der Waals surface area contributed by atoms with E-state index in [0.717, 1.165) is 11.9 Å². The molecule has 1 atom stereocenters. The van der Waals surface area contributed by atoms with Crippen molar-refractivity contribution >= 4 is 34.5 Å². The van der Waals surface area contributed by atoms with Gasteiger partial charge in [-0.15, -0.1) is 0 Å². The van der Waals surface area contributed by atoms with Gasteiger partial charge >= 0.3 is 6.09 Å². The third kappa shape index (κ3) is 5.48. The van der Waals surface area contributed by atoms with Crippen molar-refractivity contribution in [1.82, 2.24) is 14.8 Å². The molecule has 34 heavy (non-hydrogen) atoms. The number of nitrogens with zero attached hydrogens (tertiary/aromatic N) is 2. The van der Waals surface area contributed by atoms with Crippen LogP contribution in [-0.2, 0) is 11.3 Å². The Kier molecular flexibility index (Phi) is 6.82. The van der Waals surface area contributed by atoms with E-state index in [1.165, 1.54) is 0 Å². The lowest BCUT2D eigenvalue weighted by atomic mass is 9.87. The molecule has 9 heteroatoms. The number of aromatic nitrogens is 1. The van der Waals surface area contributed by atoms with Gasteiger partial charge in [-0.1, -0.05) is 17.7 Å². The van der Waals surface area contributed by atoms with Gasteiger partial charge in [0.25, 0.3) is 5.91 Å². The van der Waals surface area contributed by atoms with Crippen LogP contribution >= 0.6 is 11.6 Å². The zero-order valence-electron chi connectivity index (χ0n) is 19.9. The molecule has 1 aliphatic heterocycles. The fourth-order valence-electron chi connectivity index (χ4n) is 4.69. The summed E-state index contributed by atoms with van der Waals surface area (Å²) in [6.07, 6.45) is 2.81. The Hall–Kier alpha value is -2.35. The first-order chi connectivity index (χ1) is 15.9. The first kappa shape index (κ1) is 24.8. The van der Waals surface area contributed by atoms with E-state index in [9.17, 15) is 18.4 Å². The Balaban J connectivity index is 1.48. The van der Waals surface area contributed by atoms with Gasteiger partial charge in [0, 0.05) is 44.1 Å². The zero-order valence-corrected chi connectivity index (χ0v) is 20.6. The molecule has 4 rings (SSSR count). The summed E-state index contributed by atoms with van der Waals surface area (Å²) < 4.78 is 34.3. The van der Waals surface area contributed by atoms with Crippen molar-refractivity contribution in [2.75, 3.05) is 13.1 Å². The van der Waals surface area contributed by atoms with Gasteiger partial charge < -0.3 is 19.5 Å². The number of alkyl halides is 2. The predicted octanol–water partition coefficient (Wildman–Crippen LogP) is 5.86. The normalized spacial score (nSPS) is 20.8. The average Bonchev–Trinajstić information content (AvgIpc) is 3.09. The van der Waals surface area contributed by atoms with Crippen molar-refractivity contribution in [1.29, 1.82) is 0 Å². The van der Waals surface area contributed by atoms with Gasteiger partial charge in [0.2, 0.25) is 5.92 Å². The van der Waals surface area contributed by atoms with Gasteiger partial charge in [0.05, 0.1) is 22.1 Å². The van der Waals surface area contributed by atoms with Crippen LogP contribution in [0.15, 0.2) is 24.4 Å². The molecule has 2 aliphatic rings. The summed E-state index contributed by atoms with van der Waals surface area (Å²) in [6.45, 7) is 7.02. The summed E-state index contributed by atoms with van der Waals surface area (Å²) in [7, 11) is 0. The van der Waals surface area contributed by atoms with Crippen molar-refractivity contribution in [2.24, 2.45) is 5.92 Å². The number of hydrogen-bond acceptors (Lipinski definition) is 3. The minimum atomic E-state index is -2.59. The van der Waals surface area contributed by atoms with Crippen LogP contribution in [0.1, 0.15) is 63.2 Å². The molecule has 2 amide bonds. The van der Waals surface area contributed by atoms with E-state index < -0.39 is 11.5 Å². The molecule has 0 spiro atoms. The molecule has 2 heterocycles. The molecule has 186 valence electrons. The van der Waals surface area contributed by atoms with Crippen molar-refractivity contribution in [3.05, 3.63) is 35.0 Å². The minimum Gasteiger partial charge on any atom is -0.444 e. The number of hydrogen-bond donors (Lipinski definition) is 1. The summed E-state index contributed by atoms with van der Waals surface area (Å²) in [6, 6.07) is 5.43. The summed E-state index contributed by atoms with van der Waals surface area (Å²) in [5.74, 6) is -2.81. The largest absolute Gasteiger partial charge is 0.444 e. The van der Waals surface area contributed by atoms with E-state index in [2.05, 4.69) is 5.32 Å². The summed E-state index contributed by atoms with van der Waals surface area (Å²) in [5.41, 5.74) is 0.695. The standard InChI is InChI=1S/C25H32ClF2N3O3/c1-24(2,3)34-23(33)31-12-9-17(31)14-30-15-18(21-19(26)5-4-6-20(21)30)22(32)29-13-16-7-10-25(27,28)11-8-16/h4-6,15-17H,7-14H2,1-3H3,(H,29,32)/t17-/m0/s1. The lowest BCUT2D eigenvalue weighted by molar-refractivity contribution is -0.0452. The van der Waals surface area contributed by atoms with Crippen LogP contribution in [0.2, 0.25) is 5.02 Å². The van der Waals surface area contributed by atoms with Gasteiger partial charge in [0.15, 0.2) is 0 Å². The van der Waals surface area contributed by atoms with E-state index in [1.807, 2.05) is 37.5 Å². The maximum absolute atomic E-state index is 13.4. The fourth-order valence-corrected chi connectivity index (χ4v) is 4.96. The summed E-state index contributed by atoms with van der Waals surface area (Å²) in [4.78, 5) is 27.3. The SMILES string of the molecule is CC(C)(C)OC(=O)N1CC[C@H]1Cn1cc(C(=O)NCC2CCC(F)(F)CC2)c2c(Cl)cccc21. The Labute approximate surface area is 203 Å². The molecule has 0 unspecified atom stereocenters. The molecule has 1 N–H and O–H groups in total. The lowest BCUT2D eigenvalue weighted by Gasteiger charge is -2.41. The Bertz CT molecular complexity index is 1070. The number of ether oxygens (including phenoxy) is 1. The van der Waals surface area contributed by atoms with Crippen LogP contribution in [-0.4, -0.2) is 52.1 Å². The Morgan fingerprint density at radius 2 is 1.91 bits per heavy atom. The molecule has 0 bridgehead atoms. The summed E-state index contributed by atoms with van der Waals surface area (Å²) >= 11 is 6.47. The monoisotopic (exact) mass is 495 g/mol. The third-order valence-corrected chi connectivity index (χ3v) is 6.98. The van der Waals surface area contributed by atoms with Gasteiger partial charge in [-0.05, 0) is 58.1 Å². The van der Waals surface area contributed by atoms with Crippen molar-refractivity contribution < 1.29 is 23.1 Å². The Morgan fingerprint density at radius 1 is 1.21 bits per heavy atom. The van der Waals surface area contributed by atoms with Crippen molar-refractivity contribution in [3.63, 3.8) is 0 Å². The highest BCUT2D eigenvalue weighted by Crippen LogP contribution is 2.36. The van der Waals surface area contributed by atoms with Crippen LogP contribution in [0.5, 0.6) is 0 Å². The lowest BCUT2D eigenvalue weighted by Crippen LogP contribution is -2.54. The predicted molar refractivity (Wildman–Crippen MR) is 128 cm³/mol. The molecule has 1 aliphatic carbocycles. The first-order valence-corrected chi connectivity index (χ1v) is 12.2. The molecule has 0 radical (unpaired) electrons. The molecule has 1 saturated heterocycles. The van der Waals surface area contributed by atoms with Crippen molar-refractivity contribution in [3.8, 4) is 0 Å². The van der Waals surface area contributed by atoms with Gasteiger partial charge in [-0.2, -0.15) is 0 Å². The van der Waals surface area contributed by atoms with E-state index in [1.54, 1.807) is 17.2 Å². The van der Waals surface area contributed by atoms with Crippen LogP contribution in [0.3, 0.4) is 0 Å². The molecule has 1 aromatic carbocycles. The highest BCUT2D eigenvalue weighted by atomic mass is 35.5. The summed E-state index contributed by atoms with van der Waals surface area (Å²) in [5, 5.41) is 4.04. The number of amides is 2. The molecule has 1 aromatic heterocycles. The maximum atomic E-state index is 13.4. The number of likely N-dealkylation sites (tertiary alicyclic amines) is 1. The maximum Gasteiger partial charge on any atom is 0.410 e. The highest BCUT2D eigenvalue weighted by Gasteiger charge is 2.36. The molecular weight excluding hydrogens is 464 g/mol. The van der Waals surface area contributed by atoms with Crippen LogP contribution < -0.4 is 5.32 Å². The van der Waals surface area contributed by atoms with Gasteiger partial charge in [-0.25, -0.2) is 13.6 Å². The van der Waals surface area contributed by atoms with Crippen molar-refractivity contribution in [2.45, 2.75) is 77.0 Å². The van der Waals surface area contributed by atoms with Crippen LogP contribution in [0.4, 0.5) is 13.6 Å². The van der Waals surface area contributed by atoms with Crippen LogP contribution in [0, 0.1) is 5.92 Å². The highest BCUT2D eigenvalue weighted by molar-refractivity contribution is 6.36. The Morgan fingerprint density at radius 3 is 2.53 bits per heavy atom. The second kappa shape index (κ2) is 9.36. The number of nitrogens with one attached hydrogen (secondary N) is 1. The van der Waals surface area contributed by atoms with E-state index >= 15 is 0 Å². The number of carbonyl (C=O) groups excluding carboxylic acids is 2. The second-order valence-corrected chi connectivity index (χ2v) is 10.9. The molecule has 1 saturated carbocycles. The molecule has 2 aromatic rings. The number of fused-ring (bicyclic) bond motifs is 1. The number of benzene rings is 1. The smallest absolute Gasteiger partial charge is 0.410 e. The second-order valence-electron chi connectivity index (χ2n) is 10.5. The van der Waals surface area contributed by atoms with E-state index in [4.69, 9.17) is 16.3 Å². The molecular formula is C25H32ClF2N3O3. The molecule has 6 nitrogen and oxygen atoms in total. The quantitative estimate of drug-likeness (QED) is 0.565. The van der Waals surface area contributed by atoms with Gasteiger partial charge in [-0.3, -0.25) is 4.79 Å². The molecule has 2 fully saturated rings.